The summed E-state index contributed by atoms with van der Waals surface area (Å²) in [6, 6.07) is 2.51. The van der Waals surface area contributed by atoms with E-state index in [1.165, 1.54) is 24.9 Å². The largest absolute Gasteiger partial charge is 0.416 e. The third-order valence-corrected chi connectivity index (χ3v) is 20.5. The fraction of sp³-hybridized carbons (Fsp3) is 1.00. The lowest BCUT2D eigenvalue weighted by molar-refractivity contribution is 0.250. The van der Waals surface area contributed by atoms with Crippen molar-refractivity contribution in [3.8, 4) is 0 Å². The molecule has 0 heterocycles. The lowest BCUT2D eigenvalue weighted by Crippen LogP contribution is -2.55. The number of rotatable bonds is 11. The quantitative estimate of drug-likeness (QED) is 0.226. The van der Waals surface area contributed by atoms with Gasteiger partial charge in [0, 0.05) is 13.2 Å². The third-order valence-electron chi connectivity index (χ3n) is 7.26. The third kappa shape index (κ3) is 6.92. The van der Waals surface area contributed by atoms with Crippen molar-refractivity contribution in [2.24, 2.45) is 0 Å². The summed E-state index contributed by atoms with van der Waals surface area (Å²) in [4.78, 5) is 0. The summed E-state index contributed by atoms with van der Waals surface area (Å²) < 4.78 is 13.7. The van der Waals surface area contributed by atoms with Gasteiger partial charge in [-0.05, 0) is 45.1 Å². The molecule has 0 unspecified atom stereocenters. The average Bonchev–Trinajstić information content (AvgIpc) is 2.52. The van der Waals surface area contributed by atoms with Gasteiger partial charge in [-0.25, -0.2) is 0 Å². The summed E-state index contributed by atoms with van der Waals surface area (Å²) >= 11 is 0. The van der Waals surface area contributed by atoms with E-state index in [0.29, 0.717) is 0 Å². The van der Waals surface area contributed by atoms with Crippen LogP contribution in [0.3, 0.4) is 0 Å². The molecular weight excluding hydrogens is 400 g/mol. The molecule has 182 valence electrons. The van der Waals surface area contributed by atoms with E-state index in [0.717, 1.165) is 26.1 Å². The van der Waals surface area contributed by atoms with E-state index in [1.54, 1.807) is 0 Å². The SMILES string of the molecule is CCCO[Si](CCCC[Si](OCCC)(C(C)(C)C)C(C)(C)C)(C(C)(C)C)C(C)(C)C. The van der Waals surface area contributed by atoms with Gasteiger partial charge in [0.1, 0.15) is 0 Å². The molecule has 30 heavy (non-hydrogen) atoms. The molecule has 0 aliphatic carbocycles. The Bertz CT molecular complexity index is 413. The summed E-state index contributed by atoms with van der Waals surface area (Å²) in [5.41, 5.74) is 0. The maximum Gasteiger partial charge on any atom is 0.203 e. The molecule has 0 aliphatic heterocycles. The van der Waals surface area contributed by atoms with Gasteiger partial charge >= 0.3 is 0 Å². The second-order valence-electron chi connectivity index (χ2n) is 13.6. The van der Waals surface area contributed by atoms with Gasteiger partial charge in [0.15, 0.2) is 0 Å². The van der Waals surface area contributed by atoms with Crippen LogP contribution in [0.1, 0.15) is 123 Å². The number of hydrogen-bond acceptors (Lipinski definition) is 2. The van der Waals surface area contributed by atoms with Crippen molar-refractivity contribution in [2.75, 3.05) is 13.2 Å². The standard InChI is InChI=1S/C26H58O2Si2/c1-15-19-27-29(23(3,4)5,24(6,7)8)21-17-18-22-30(25(9,10)11,26(12,13)14)28-20-16-2/h15-22H2,1-14H3. The minimum Gasteiger partial charge on any atom is -0.416 e. The Morgan fingerprint density at radius 1 is 0.467 bits per heavy atom. The molecule has 0 spiro atoms. The molecule has 0 saturated heterocycles. The molecule has 0 aromatic carbocycles. The van der Waals surface area contributed by atoms with Crippen LogP contribution in [0, 0.1) is 0 Å². The van der Waals surface area contributed by atoms with Crippen LogP contribution < -0.4 is 0 Å². The Morgan fingerprint density at radius 2 is 0.700 bits per heavy atom. The Balaban J connectivity index is 5.69. The summed E-state index contributed by atoms with van der Waals surface area (Å²) in [5.74, 6) is 0. The molecule has 0 aliphatic rings. The summed E-state index contributed by atoms with van der Waals surface area (Å²) in [5, 5.41) is 0.951. The monoisotopic (exact) mass is 458 g/mol. The number of unbranched alkanes of at least 4 members (excludes halogenated alkanes) is 1. The molecule has 0 fully saturated rings. The lowest BCUT2D eigenvalue weighted by Gasteiger charge is -2.52. The minimum atomic E-state index is -1.96. The number of hydrogen-bond donors (Lipinski definition) is 0. The first kappa shape index (κ1) is 30.4. The lowest BCUT2D eigenvalue weighted by atomic mass is 10.2. The molecule has 0 aromatic rings. The molecule has 0 amide bonds. The van der Waals surface area contributed by atoms with E-state index < -0.39 is 16.6 Å². The summed E-state index contributed by atoms with van der Waals surface area (Å²) in [6.07, 6.45) is 4.74. The summed E-state index contributed by atoms with van der Waals surface area (Å²) in [7, 11) is -3.92. The van der Waals surface area contributed by atoms with Gasteiger partial charge in [-0.1, -0.05) is 110 Å². The van der Waals surface area contributed by atoms with Crippen molar-refractivity contribution in [3.63, 3.8) is 0 Å². The van der Waals surface area contributed by atoms with Crippen molar-refractivity contribution >= 4 is 16.6 Å². The van der Waals surface area contributed by atoms with Crippen LogP contribution in [-0.2, 0) is 8.85 Å². The van der Waals surface area contributed by atoms with Crippen molar-refractivity contribution in [1.82, 2.24) is 0 Å². The Labute approximate surface area is 193 Å². The zero-order valence-electron chi connectivity index (χ0n) is 23.5. The zero-order valence-corrected chi connectivity index (χ0v) is 25.5. The fourth-order valence-corrected chi connectivity index (χ4v) is 18.2. The van der Waals surface area contributed by atoms with Gasteiger partial charge in [-0.15, -0.1) is 0 Å². The first-order valence-electron chi connectivity index (χ1n) is 12.6. The zero-order chi connectivity index (χ0) is 24.1. The Hall–Kier alpha value is 0.354. The minimum absolute atomic E-state index is 0.238. The van der Waals surface area contributed by atoms with Crippen molar-refractivity contribution in [1.29, 1.82) is 0 Å². The van der Waals surface area contributed by atoms with Gasteiger partial charge in [0.05, 0.1) is 0 Å². The highest BCUT2D eigenvalue weighted by Gasteiger charge is 2.56. The van der Waals surface area contributed by atoms with Crippen molar-refractivity contribution in [3.05, 3.63) is 0 Å². The van der Waals surface area contributed by atoms with Crippen molar-refractivity contribution < 1.29 is 8.85 Å². The van der Waals surface area contributed by atoms with Crippen molar-refractivity contribution in [2.45, 2.75) is 155 Å². The van der Waals surface area contributed by atoms with Crippen LogP contribution in [0.25, 0.3) is 0 Å². The maximum atomic E-state index is 6.86. The van der Waals surface area contributed by atoms with E-state index in [2.05, 4.69) is 96.9 Å². The molecule has 0 aromatic heterocycles. The molecule has 4 heteroatoms. The summed E-state index contributed by atoms with van der Waals surface area (Å²) in [6.45, 7) is 35.4. The maximum absolute atomic E-state index is 6.86. The van der Waals surface area contributed by atoms with Crippen LogP contribution in [0.15, 0.2) is 0 Å². The molecular formula is C26H58O2Si2. The van der Waals surface area contributed by atoms with Crippen LogP contribution in [0.4, 0.5) is 0 Å². The first-order valence-corrected chi connectivity index (χ1v) is 16.8. The molecule has 0 atom stereocenters. The highest BCUT2D eigenvalue weighted by molar-refractivity contribution is 6.80. The second kappa shape index (κ2) is 11.0. The normalized spacial score (nSPS) is 15.0. The Kier molecular flexibility index (Phi) is 11.1. The highest BCUT2D eigenvalue weighted by atomic mass is 28.4. The van der Waals surface area contributed by atoms with Gasteiger partial charge in [0.25, 0.3) is 0 Å². The molecule has 0 rings (SSSR count). The van der Waals surface area contributed by atoms with Gasteiger partial charge in [-0.2, -0.15) is 0 Å². The predicted octanol–water partition coefficient (Wildman–Crippen LogP) is 9.71. The average molecular weight is 459 g/mol. The van der Waals surface area contributed by atoms with E-state index in [1.807, 2.05) is 0 Å². The molecule has 0 N–H and O–H groups in total. The Morgan fingerprint density at radius 3 is 0.867 bits per heavy atom. The fourth-order valence-electron chi connectivity index (χ4n) is 6.06. The second-order valence-corrected chi connectivity index (χ2v) is 24.4. The smallest absolute Gasteiger partial charge is 0.203 e. The van der Waals surface area contributed by atoms with Gasteiger partial charge < -0.3 is 8.85 Å². The first-order chi connectivity index (χ1) is 13.3. The van der Waals surface area contributed by atoms with E-state index in [-0.39, 0.29) is 20.2 Å². The topological polar surface area (TPSA) is 18.5 Å². The van der Waals surface area contributed by atoms with Crippen LogP contribution >= 0.6 is 0 Å². The predicted molar refractivity (Wildman–Crippen MR) is 142 cm³/mol. The van der Waals surface area contributed by atoms with Gasteiger partial charge in [-0.3, -0.25) is 0 Å². The van der Waals surface area contributed by atoms with E-state index in [9.17, 15) is 0 Å². The molecule has 2 nitrogen and oxygen atoms in total. The molecule has 0 radical (unpaired) electrons. The van der Waals surface area contributed by atoms with Gasteiger partial charge in [0.2, 0.25) is 16.6 Å². The molecule has 0 saturated carbocycles. The van der Waals surface area contributed by atoms with E-state index in [4.69, 9.17) is 8.85 Å². The van der Waals surface area contributed by atoms with Crippen LogP contribution in [0.5, 0.6) is 0 Å². The van der Waals surface area contributed by atoms with Crippen LogP contribution in [-0.4, -0.2) is 29.8 Å². The highest BCUT2D eigenvalue weighted by Crippen LogP contribution is 2.56. The van der Waals surface area contributed by atoms with E-state index >= 15 is 0 Å². The molecule has 0 bridgehead atoms. The van der Waals surface area contributed by atoms with Crippen LogP contribution in [0.2, 0.25) is 32.2 Å².